The number of aromatic nitrogens is 2. The third kappa shape index (κ3) is 3.00. The molecule has 1 aromatic carbocycles. The summed E-state index contributed by atoms with van der Waals surface area (Å²) < 4.78 is 4.96. The van der Waals surface area contributed by atoms with Crippen LogP contribution in [0, 0.1) is 0 Å². The minimum Gasteiger partial charge on any atom is -0.383 e. The van der Waals surface area contributed by atoms with Crippen LogP contribution in [0.4, 0.5) is 0 Å². The van der Waals surface area contributed by atoms with Crippen LogP contribution in [0.5, 0.6) is 0 Å². The van der Waals surface area contributed by atoms with Crippen molar-refractivity contribution < 1.29 is 9.63 Å². The molecular formula is C11H11Cl2N3O2. The summed E-state index contributed by atoms with van der Waals surface area (Å²) in [6, 6.07) is 4.94. The Labute approximate surface area is 114 Å². The fourth-order valence-corrected chi connectivity index (χ4v) is 1.98. The molecule has 1 atom stereocenters. The van der Waals surface area contributed by atoms with Crippen molar-refractivity contribution in [2.75, 3.05) is 6.54 Å². The minimum atomic E-state index is -0.856. The third-order valence-corrected chi connectivity index (χ3v) is 2.72. The van der Waals surface area contributed by atoms with E-state index >= 15 is 0 Å². The first-order chi connectivity index (χ1) is 8.60. The van der Waals surface area contributed by atoms with Crippen molar-refractivity contribution >= 4 is 23.2 Å². The van der Waals surface area contributed by atoms with Crippen molar-refractivity contribution in [3.05, 3.63) is 34.1 Å². The number of halogens is 2. The molecule has 18 heavy (non-hydrogen) atoms. The lowest BCUT2D eigenvalue weighted by Gasteiger charge is -2.01. The summed E-state index contributed by atoms with van der Waals surface area (Å²) in [5.74, 6) is 0.456. The van der Waals surface area contributed by atoms with Gasteiger partial charge in [0.1, 0.15) is 6.10 Å². The zero-order chi connectivity index (χ0) is 13.1. The second-order valence-corrected chi connectivity index (χ2v) is 4.58. The molecule has 1 aromatic heterocycles. The van der Waals surface area contributed by atoms with Crippen LogP contribution in [0.15, 0.2) is 22.7 Å². The lowest BCUT2D eigenvalue weighted by molar-refractivity contribution is 0.127. The van der Waals surface area contributed by atoms with E-state index in [2.05, 4.69) is 10.1 Å². The highest BCUT2D eigenvalue weighted by Crippen LogP contribution is 2.26. The Morgan fingerprint density at radius 3 is 2.56 bits per heavy atom. The van der Waals surface area contributed by atoms with Gasteiger partial charge in [0.2, 0.25) is 5.82 Å². The zero-order valence-electron chi connectivity index (χ0n) is 9.31. The maximum atomic E-state index is 9.66. The van der Waals surface area contributed by atoms with Crippen LogP contribution in [0.25, 0.3) is 11.4 Å². The van der Waals surface area contributed by atoms with Crippen LogP contribution in [0.2, 0.25) is 10.0 Å². The molecule has 0 aliphatic carbocycles. The molecule has 0 unspecified atom stereocenters. The first kappa shape index (κ1) is 13.3. The molecule has 5 nitrogen and oxygen atoms in total. The van der Waals surface area contributed by atoms with E-state index in [0.29, 0.717) is 34.4 Å². The monoisotopic (exact) mass is 287 g/mol. The van der Waals surface area contributed by atoms with Gasteiger partial charge in [-0.15, -0.1) is 0 Å². The molecule has 2 aromatic rings. The molecule has 0 saturated heterocycles. The smallest absolute Gasteiger partial charge is 0.255 e. The second-order valence-electron chi connectivity index (χ2n) is 3.71. The molecule has 0 aliphatic heterocycles. The van der Waals surface area contributed by atoms with Gasteiger partial charge in [-0.2, -0.15) is 4.98 Å². The average molecular weight is 288 g/mol. The van der Waals surface area contributed by atoms with Crippen molar-refractivity contribution in [3.8, 4) is 11.4 Å². The van der Waals surface area contributed by atoms with Gasteiger partial charge in [-0.3, -0.25) is 0 Å². The second kappa shape index (κ2) is 5.67. The molecule has 1 heterocycles. The van der Waals surface area contributed by atoms with Crippen LogP contribution in [0.1, 0.15) is 18.4 Å². The van der Waals surface area contributed by atoms with E-state index in [4.69, 9.17) is 33.5 Å². The molecule has 0 radical (unpaired) electrons. The van der Waals surface area contributed by atoms with E-state index in [0.717, 1.165) is 0 Å². The summed E-state index contributed by atoms with van der Waals surface area (Å²) in [5, 5.41) is 14.4. The first-order valence-electron chi connectivity index (χ1n) is 5.28. The van der Waals surface area contributed by atoms with Gasteiger partial charge in [-0.25, -0.2) is 0 Å². The largest absolute Gasteiger partial charge is 0.383 e. The number of hydrogen-bond donors (Lipinski definition) is 2. The number of nitrogens with two attached hydrogens (primary N) is 1. The van der Waals surface area contributed by atoms with Gasteiger partial charge in [0.25, 0.3) is 5.89 Å². The van der Waals surface area contributed by atoms with E-state index < -0.39 is 6.10 Å². The molecule has 0 bridgehead atoms. The van der Waals surface area contributed by atoms with Crippen molar-refractivity contribution in [1.82, 2.24) is 10.1 Å². The van der Waals surface area contributed by atoms with E-state index in [1.165, 1.54) is 0 Å². The number of aliphatic hydroxyl groups is 1. The van der Waals surface area contributed by atoms with Gasteiger partial charge in [0, 0.05) is 15.6 Å². The minimum absolute atomic E-state index is 0.131. The van der Waals surface area contributed by atoms with Crippen molar-refractivity contribution in [2.24, 2.45) is 5.73 Å². The number of rotatable bonds is 4. The van der Waals surface area contributed by atoms with E-state index in [1.54, 1.807) is 18.2 Å². The molecule has 96 valence electrons. The van der Waals surface area contributed by atoms with Crippen LogP contribution in [-0.2, 0) is 0 Å². The number of nitrogens with zero attached hydrogens (tertiary/aromatic N) is 2. The Balaban J connectivity index is 2.29. The van der Waals surface area contributed by atoms with E-state index in [-0.39, 0.29) is 5.89 Å². The summed E-state index contributed by atoms with van der Waals surface area (Å²) in [7, 11) is 0. The number of benzene rings is 1. The Morgan fingerprint density at radius 1 is 1.28 bits per heavy atom. The lowest BCUT2D eigenvalue weighted by Crippen LogP contribution is -2.06. The number of hydrogen-bond acceptors (Lipinski definition) is 5. The fraction of sp³-hybridized carbons (Fsp3) is 0.273. The van der Waals surface area contributed by atoms with Gasteiger partial charge in [-0.1, -0.05) is 28.4 Å². The molecule has 2 rings (SSSR count). The fourth-order valence-electron chi connectivity index (χ4n) is 1.45. The predicted octanol–water partition coefficient (Wildman–Crippen LogP) is 2.43. The van der Waals surface area contributed by atoms with Crippen molar-refractivity contribution in [3.63, 3.8) is 0 Å². The van der Waals surface area contributed by atoms with Gasteiger partial charge in [-0.05, 0) is 31.2 Å². The van der Waals surface area contributed by atoms with Gasteiger partial charge in [0.05, 0.1) is 0 Å². The zero-order valence-corrected chi connectivity index (χ0v) is 10.8. The van der Waals surface area contributed by atoms with Crippen LogP contribution < -0.4 is 5.73 Å². The normalized spacial score (nSPS) is 12.7. The van der Waals surface area contributed by atoms with E-state index in [1.807, 2.05) is 0 Å². The van der Waals surface area contributed by atoms with Crippen molar-refractivity contribution in [2.45, 2.75) is 12.5 Å². The molecule has 0 fully saturated rings. The molecule has 0 aliphatic rings. The molecule has 7 heteroatoms. The SMILES string of the molecule is NCC[C@H](O)c1nc(-c2cc(Cl)cc(Cl)c2)no1. The summed E-state index contributed by atoms with van der Waals surface area (Å²) >= 11 is 11.8. The Bertz CT molecular complexity index is 525. The maximum Gasteiger partial charge on any atom is 0.255 e. The molecule has 0 spiro atoms. The lowest BCUT2D eigenvalue weighted by atomic mass is 10.2. The van der Waals surface area contributed by atoms with E-state index in [9.17, 15) is 5.11 Å². The van der Waals surface area contributed by atoms with Gasteiger partial charge < -0.3 is 15.4 Å². The highest BCUT2D eigenvalue weighted by molar-refractivity contribution is 6.35. The topological polar surface area (TPSA) is 85.2 Å². The predicted molar refractivity (Wildman–Crippen MR) is 68.4 cm³/mol. The number of aliphatic hydroxyl groups excluding tert-OH is 1. The average Bonchev–Trinajstić information content (AvgIpc) is 2.77. The Morgan fingerprint density at radius 2 is 1.94 bits per heavy atom. The van der Waals surface area contributed by atoms with Gasteiger partial charge in [0.15, 0.2) is 0 Å². The summed E-state index contributed by atoms with van der Waals surface area (Å²) in [6.07, 6.45) is -0.497. The molecule has 3 N–H and O–H groups in total. The van der Waals surface area contributed by atoms with Gasteiger partial charge >= 0.3 is 0 Å². The summed E-state index contributed by atoms with van der Waals surface area (Å²) in [5.41, 5.74) is 5.97. The molecular weight excluding hydrogens is 277 g/mol. The van der Waals surface area contributed by atoms with Crippen LogP contribution in [-0.4, -0.2) is 21.8 Å². The first-order valence-corrected chi connectivity index (χ1v) is 6.04. The van der Waals surface area contributed by atoms with Crippen molar-refractivity contribution in [1.29, 1.82) is 0 Å². The van der Waals surface area contributed by atoms with Crippen LogP contribution >= 0.6 is 23.2 Å². The maximum absolute atomic E-state index is 9.66. The van der Waals surface area contributed by atoms with Crippen LogP contribution in [0.3, 0.4) is 0 Å². The Kier molecular flexibility index (Phi) is 4.19. The third-order valence-electron chi connectivity index (χ3n) is 2.29. The summed E-state index contributed by atoms with van der Waals surface area (Å²) in [4.78, 5) is 4.08. The highest BCUT2D eigenvalue weighted by Gasteiger charge is 2.16. The summed E-state index contributed by atoms with van der Waals surface area (Å²) in [6.45, 7) is 0.335. The standard InChI is InChI=1S/C11H11Cl2N3O2/c12-7-3-6(4-8(13)5-7)10-15-11(18-16-10)9(17)1-2-14/h3-5,9,17H,1-2,14H2/t9-/m0/s1. The highest BCUT2D eigenvalue weighted by atomic mass is 35.5. The quantitative estimate of drug-likeness (QED) is 0.902. The molecule has 0 amide bonds. The molecule has 0 saturated carbocycles. The Hall–Kier alpha value is -1.14.